The van der Waals surface area contributed by atoms with Crippen molar-refractivity contribution in [2.24, 2.45) is 23.2 Å². The fourth-order valence-corrected chi connectivity index (χ4v) is 6.92. The first-order valence-electron chi connectivity index (χ1n) is 9.92. The molecule has 4 bridgehead atoms. The Balaban J connectivity index is 1.34. The number of fused-ring (bicyclic) bond motifs is 3. The van der Waals surface area contributed by atoms with E-state index in [1.165, 1.54) is 35.6 Å². The van der Waals surface area contributed by atoms with Crippen LogP contribution in [0.25, 0.3) is 10.8 Å². The van der Waals surface area contributed by atoms with Crippen molar-refractivity contribution in [1.82, 2.24) is 0 Å². The van der Waals surface area contributed by atoms with Gasteiger partial charge in [-0.05, 0) is 73.1 Å². The lowest BCUT2D eigenvalue weighted by molar-refractivity contribution is -0.150. The van der Waals surface area contributed by atoms with Crippen LogP contribution in [0.5, 0.6) is 5.75 Å². The van der Waals surface area contributed by atoms with Crippen molar-refractivity contribution >= 4 is 16.6 Å². The molecule has 2 aromatic rings. The van der Waals surface area contributed by atoms with Crippen molar-refractivity contribution in [3.8, 4) is 5.75 Å². The van der Waals surface area contributed by atoms with E-state index in [1.54, 1.807) is 0 Å². The van der Waals surface area contributed by atoms with Gasteiger partial charge in [0.1, 0.15) is 5.75 Å². The van der Waals surface area contributed by atoms with Crippen molar-refractivity contribution in [3.63, 3.8) is 0 Å². The molecular formula is C23H24O2. The Kier molecular flexibility index (Phi) is 2.80. The molecule has 2 heteroatoms. The number of hydrogen-bond donors (Lipinski definition) is 0. The number of ketones is 1. The molecule has 2 aromatic carbocycles. The highest BCUT2D eigenvalue weighted by atomic mass is 16.5. The minimum Gasteiger partial charge on any atom is -0.482 e. The molecule has 0 spiro atoms. The van der Waals surface area contributed by atoms with Crippen LogP contribution in [0.2, 0.25) is 0 Å². The molecule has 25 heavy (non-hydrogen) atoms. The molecule has 1 heterocycles. The third kappa shape index (κ3) is 2.00. The van der Waals surface area contributed by atoms with E-state index >= 15 is 0 Å². The van der Waals surface area contributed by atoms with Crippen molar-refractivity contribution in [2.45, 2.75) is 51.0 Å². The van der Waals surface area contributed by atoms with Gasteiger partial charge in [0.25, 0.3) is 0 Å². The summed E-state index contributed by atoms with van der Waals surface area (Å²) in [5, 5.41) is 2.49. The van der Waals surface area contributed by atoms with Crippen LogP contribution in [0, 0.1) is 23.2 Å². The van der Waals surface area contributed by atoms with Crippen molar-refractivity contribution in [3.05, 3.63) is 42.0 Å². The van der Waals surface area contributed by atoms with Gasteiger partial charge in [-0.2, -0.15) is 0 Å². The minimum atomic E-state index is -0.253. The monoisotopic (exact) mass is 332 g/mol. The molecule has 4 fully saturated rings. The molecule has 1 aliphatic heterocycles. The molecule has 128 valence electrons. The smallest absolute Gasteiger partial charge is 0.179 e. The van der Waals surface area contributed by atoms with E-state index in [0.29, 0.717) is 5.78 Å². The Hall–Kier alpha value is -1.83. The van der Waals surface area contributed by atoms with Crippen LogP contribution >= 0.6 is 0 Å². The summed E-state index contributed by atoms with van der Waals surface area (Å²) in [5.74, 6) is 3.77. The summed E-state index contributed by atoms with van der Waals surface area (Å²) in [6, 6.07) is 12.6. The summed E-state index contributed by atoms with van der Waals surface area (Å²) in [6.07, 6.45) is 8.04. The lowest BCUT2D eigenvalue weighted by atomic mass is 9.48. The largest absolute Gasteiger partial charge is 0.482 e. The second-order valence-electron chi connectivity index (χ2n) is 9.14. The summed E-state index contributed by atoms with van der Waals surface area (Å²) in [5.41, 5.74) is 1.18. The van der Waals surface area contributed by atoms with E-state index in [1.807, 2.05) is 0 Å². The van der Waals surface area contributed by atoms with Crippen LogP contribution in [-0.4, -0.2) is 11.9 Å². The maximum Gasteiger partial charge on any atom is 0.179 e. The second kappa shape index (κ2) is 4.87. The van der Waals surface area contributed by atoms with Gasteiger partial charge in [-0.15, -0.1) is 0 Å². The van der Waals surface area contributed by atoms with Crippen LogP contribution in [0.1, 0.15) is 44.1 Å². The fraction of sp³-hybridized carbons (Fsp3) is 0.522. The van der Waals surface area contributed by atoms with Crippen LogP contribution < -0.4 is 4.74 Å². The lowest BCUT2D eigenvalue weighted by Crippen LogP contribution is -2.53. The summed E-state index contributed by atoms with van der Waals surface area (Å²) < 4.78 is 6.22. The highest BCUT2D eigenvalue weighted by Gasteiger charge is 2.56. The fourth-order valence-electron chi connectivity index (χ4n) is 6.92. The number of carbonyl (C=O) groups excluding carboxylic acids is 1. The Morgan fingerprint density at radius 3 is 2.32 bits per heavy atom. The Labute approximate surface area is 148 Å². The normalized spacial score (nSPS) is 37.9. The van der Waals surface area contributed by atoms with E-state index in [0.717, 1.165) is 49.2 Å². The van der Waals surface area contributed by atoms with E-state index in [9.17, 15) is 4.79 Å². The molecule has 5 aliphatic rings. The van der Waals surface area contributed by atoms with Gasteiger partial charge >= 0.3 is 0 Å². The molecule has 4 aliphatic carbocycles. The number of hydrogen-bond acceptors (Lipinski definition) is 2. The van der Waals surface area contributed by atoms with Crippen LogP contribution in [0.15, 0.2) is 36.4 Å². The minimum absolute atomic E-state index is 0.0583. The molecule has 0 N–H and O–H groups in total. The maximum absolute atomic E-state index is 13.6. The van der Waals surface area contributed by atoms with Gasteiger partial charge in [-0.25, -0.2) is 0 Å². The van der Waals surface area contributed by atoms with Crippen LogP contribution in [-0.2, 0) is 11.2 Å². The van der Waals surface area contributed by atoms with Crippen molar-refractivity contribution in [1.29, 1.82) is 0 Å². The molecule has 0 aromatic heterocycles. The van der Waals surface area contributed by atoms with Gasteiger partial charge in [-0.3, -0.25) is 4.79 Å². The predicted octanol–water partition coefficient (Wildman–Crippen LogP) is 4.93. The van der Waals surface area contributed by atoms with Gasteiger partial charge in [0.05, 0.1) is 0 Å². The highest BCUT2D eigenvalue weighted by Crippen LogP contribution is 2.61. The molecular weight excluding hydrogens is 308 g/mol. The Morgan fingerprint density at radius 1 is 0.920 bits per heavy atom. The topological polar surface area (TPSA) is 26.3 Å². The molecule has 2 nitrogen and oxygen atoms in total. The van der Waals surface area contributed by atoms with Gasteiger partial charge in [0.2, 0.25) is 0 Å². The summed E-state index contributed by atoms with van der Waals surface area (Å²) in [6.45, 7) is 0. The first kappa shape index (κ1) is 14.4. The zero-order valence-electron chi connectivity index (χ0n) is 14.5. The first-order valence-corrected chi connectivity index (χ1v) is 9.92. The van der Waals surface area contributed by atoms with E-state index in [-0.39, 0.29) is 11.5 Å². The van der Waals surface area contributed by atoms with Crippen molar-refractivity contribution < 1.29 is 9.53 Å². The van der Waals surface area contributed by atoms with Gasteiger partial charge in [-0.1, -0.05) is 30.3 Å². The average Bonchev–Trinajstić information content (AvgIpc) is 3.04. The molecule has 0 radical (unpaired) electrons. The third-order valence-electron chi connectivity index (χ3n) is 7.51. The summed E-state index contributed by atoms with van der Waals surface area (Å²) in [7, 11) is 0. The van der Waals surface area contributed by atoms with Crippen LogP contribution in [0.4, 0.5) is 0 Å². The van der Waals surface area contributed by atoms with Gasteiger partial charge < -0.3 is 4.74 Å². The molecule has 0 saturated heterocycles. The third-order valence-corrected chi connectivity index (χ3v) is 7.51. The van der Waals surface area contributed by atoms with Crippen molar-refractivity contribution in [2.75, 3.05) is 0 Å². The molecule has 1 atom stereocenters. The maximum atomic E-state index is 13.6. The summed E-state index contributed by atoms with van der Waals surface area (Å²) >= 11 is 0. The zero-order valence-corrected chi connectivity index (χ0v) is 14.5. The first-order chi connectivity index (χ1) is 12.2. The molecule has 0 amide bonds. The standard InChI is InChI=1S/C23H24O2/c24-22(23-11-14-7-15(12-23)9-16(8-14)13-23)21-10-19-18-4-2-1-3-17(18)5-6-20(19)25-21/h1-6,14-16,21H,7-13H2. The Bertz CT molecular complexity index is 846. The number of benzene rings is 2. The SMILES string of the molecule is O=C(C1Cc2c(ccc3ccccc23)O1)C12CC3CC(CC(C3)C1)C2. The van der Waals surface area contributed by atoms with E-state index < -0.39 is 0 Å². The number of rotatable bonds is 2. The Morgan fingerprint density at radius 2 is 1.60 bits per heavy atom. The van der Waals surface area contributed by atoms with Gasteiger partial charge in [0.15, 0.2) is 11.9 Å². The quantitative estimate of drug-likeness (QED) is 0.779. The number of ether oxygens (including phenoxy) is 1. The molecule has 7 rings (SSSR count). The summed E-state index contributed by atoms with van der Waals surface area (Å²) in [4.78, 5) is 13.6. The number of carbonyl (C=O) groups is 1. The lowest BCUT2D eigenvalue weighted by Gasteiger charge is -2.56. The highest BCUT2D eigenvalue weighted by molar-refractivity contribution is 5.94. The second-order valence-corrected chi connectivity index (χ2v) is 9.14. The van der Waals surface area contributed by atoms with Crippen LogP contribution in [0.3, 0.4) is 0 Å². The number of Topliss-reactive ketones (excluding diaryl/α,β-unsaturated/α-hetero) is 1. The average molecular weight is 332 g/mol. The van der Waals surface area contributed by atoms with E-state index in [2.05, 4.69) is 36.4 Å². The molecule has 1 unspecified atom stereocenters. The zero-order chi connectivity index (χ0) is 16.6. The van der Waals surface area contributed by atoms with Gasteiger partial charge in [0, 0.05) is 17.4 Å². The molecule has 4 saturated carbocycles. The van der Waals surface area contributed by atoms with E-state index in [4.69, 9.17) is 4.74 Å². The predicted molar refractivity (Wildman–Crippen MR) is 97.7 cm³/mol.